The minimum atomic E-state index is -0.493. The zero-order valence-corrected chi connectivity index (χ0v) is 9.43. The Morgan fingerprint density at radius 3 is 2.60 bits per heavy atom. The highest BCUT2D eigenvalue weighted by molar-refractivity contribution is 5.88. The summed E-state index contributed by atoms with van der Waals surface area (Å²) < 4.78 is 0. The third-order valence-electron chi connectivity index (χ3n) is 3.79. The van der Waals surface area contributed by atoms with E-state index in [2.05, 4.69) is 5.32 Å². The molecule has 0 radical (unpaired) electrons. The summed E-state index contributed by atoms with van der Waals surface area (Å²) in [4.78, 5) is 11.5. The third kappa shape index (κ3) is 2.94. The van der Waals surface area contributed by atoms with Gasteiger partial charge in [0, 0.05) is 6.54 Å². The number of carbonyl (C=O) groups excluding carboxylic acids is 1. The molecule has 3 N–H and O–H groups in total. The number of hydrogen-bond acceptors (Lipinski definition) is 2. The van der Waals surface area contributed by atoms with Gasteiger partial charge in [-0.25, -0.2) is 0 Å². The van der Waals surface area contributed by atoms with E-state index in [0.717, 1.165) is 31.7 Å². The van der Waals surface area contributed by atoms with Gasteiger partial charge < -0.3 is 11.1 Å². The summed E-state index contributed by atoms with van der Waals surface area (Å²) >= 11 is 0. The van der Waals surface area contributed by atoms with Gasteiger partial charge in [0.1, 0.15) is 0 Å². The van der Waals surface area contributed by atoms with Gasteiger partial charge in [0.2, 0.25) is 5.91 Å². The van der Waals surface area contributed by atoms with Crippen LogP contribution in [0, 0.1) is 5.92 Å². The second kappa shape index (κ2) is 4.52. The molecule has 0 aliphatic heterocycles. The standard InChI is InChI=1S/C12H22N2O/c13-12(7-8-12)11(15)14-9-3-6-10-4-1-2-5-10/h10H,1-9,13H2,(H,14,15). The van der Waals surface area contributed by atoms with Crippen molar-refractivity contribution in [2.75, 3.05) is 6.54 Å². The Balaban J connectivity index is 1.53. The van der Waals surface area contributed by atoms with E-state index < -0.39 is 5.54 Å². The zero-order chi connectivity index (χ0) is 10.7. The maximum atomic E-state index is 11.5. The van der Waals surface area contributed by atoms with Crippen LogP contribution in [0.1, 0.15) is 51.4 Å². The maximum absolute atomic E-state index is 11.5. The summed E-state index contributed by atoms with van der Waals surface area (Å²) in [5.74, 6) is 0.989. The van der Waals surface area contributed by atoms with Crippen molar-refractivity contribution in [3.8, 4) is 0 Å². The highest BCUT2D eigenvalue weighted by Crippen LogP contribution is 2.32. The molecule has 0 unspecified atom stereocenters. The predicted molar refractivity (Wildman–Crippen MR) is 60.4 cm³/mol. The van der Waals surface area contributed by atoms with Crippen molar-refractivity contribution in [2.24, 2.45) is 11.7 Å². The molecule has 0 aromatic carbocycles. The van der Waals surface area contributed by atoms with Crippen LogP contribution in [-0.4, -0.2) is 18.0 Å². The minimum Gasteiger partial charge on any atom is -0.355 e. The molecule has 2 saturated carbocycles. The van der Waals surface area contributed by atoms with Crippen molar-refractivity contribution < 1.29 is 4.79 Å². The molecule has 0 aromatic heterocycles. The monoisotopic (exact) mass is 210 g/mol. The molecule has 0 saturated heterocycles. The first-order chi connectivity index (χ1) is 7.21. The summed E-state index contributed by atoms with van der Waals surface area (Å²) in [6, 6.07) is 0. The van der Waals surface area contributed by atoms with E-state index >= 15 is 0 Å². The number of nitrogens with two attached hydrogens (primary N) is 1. The SMILES string of the molecule is NC1(C(=O)NCCCC2CCCC2)CC1. The molecule has 15 heavy (non-hydrogen) atoms. The van der Waals surface area contributed by atoms with Crippen LogP contribution < -0.4 is 11.1 Å². The van der Waals surface area contributed by atoms with Gasteiger partial charge in [0.25, 0.3) is 0 Å². The molecule has 2 fully saturated rings. The van der Waals surface area contributed by atoms with Crippen LogP contribution in [0.15, 0.2) is 0 Å². The first-order valence-corrected chi connectivity index (χ1v) is 6.28. The van der Waals surface area contributed by atoms with E-state index in [-0.39, 0.29) is 5.91 Å². The highest BCUT2D eigenvalue weighted by Gasteiger charge is 2.45. The molecule has 0 heterocycles. The molecule has 0 aromatic rings. The quantitative estimate of drug-likeness (QED) is 0.677. The molecule has 3 nitrogen and oxygen atoms in total. The van der Waals surface area contributed by atoms with Gasteiger partial charge in [-0.2, -0.15) is 0 Å². The Bertz CT molecular complexity index is 230. The predicted octanol–water partition coefficient (Wildman–Crippen LogP) is 1.56. The molecule has 86 valence electrons. The van der Waals surface area contributed by atoms with Gasteiger partial charge in [-0.1, -0.05) is 25.7 Å². The van der Waals surface area contributed by atoms with Gasteiger partial charge in [0.05, 0.1) is 5.54 Å². The van der Waals surface area contributed by atoms with Gasteiger partial charge in [-0.15, -0.1) is 0 Å². The smallest absolute Gasteiger partial charge is 0.240 e. The molecule has 2 aliphatic carbocycles. The Labute approximate surface area is 91.8 Å². The van der Waals surface area contributed by atoms with Crippen molar-refractivity contribution in [1.82, 2.24) is 5.32 Å². The number of hydrogen-bond donors (Lipinski definition) is 2. The van der Waals surface area contributed by atoms with E-state index in [1.54, 1.807) is 0 Å². The molecular formula is C12H22N2O. The van der Waals surface area contributed by atoms with Crippen LogP contribution in [0.4, 0.5) is 0 Å². The zero-order valence-electron chi connectivity index (χ0n) is 9.43. The Hall–Kier alpha value is -0.570. The van der Waals surface area contributed by atoms with Crippen LogP contribution in [0.3, 0.4) is 0 Å². The fourth-order valence-electron chi connectivity index (χ4n) is 2.43. The average Bonchev–Trinajstić information content (AvgIpc) is 2.80. The van der Waals surface area contributed by atoms with Crippen molar-refractivity contribution in [3.05, 3.63) is 0 Å². The lowest BCUT2D eigenvalue weighted by Gasteiger charge is -2.11. The third-order valence-corrected chi connectivity index (χ3v) is 3.79. The molecule has 2 rings (SSSR count). The average molecular weight is 210 g/mol. The topological polar surface area (TPSA) is 55.1 Å². The van der Waals surface area contributed by atoms with E-state index in [0.29, 0.717) is 0 Å². The highest BCUT2D eigenvalue weighted by atomic mass is 16.2. The molecule has 0 bridgehead atoms. The van der Waals surface area contributed by atoms with Gasteiger partial charge in [0.15, 0.2) is 0 Å². The minimum absolute atomic E-state index is 0.0638. The van der Waals surface area contributed by atoms with Gasteiger partial charge in [-0.3, -0.25) is 4.79 Å². The van der Waals surface area contributed by atoms with Crippen molar-refractivity contribution >= 4 is 5.91 Å². The molecular weight excluding hydrogens is 188 g/mol. The van der Waals surface area contributed by atoms with E-state index in [1.165, 1.54) is 32.1 Å². The summed E-state index contributed by atoms with van der Waals surface area (Å²) in [5, 5.41) is 2.95. The maximum Gasteiger partial charge on any atom is 0.240 e. The fraction of sp³-hybridized carbons (Fsp3) is 0.917. The summed E-state index contributed by atoms with van der Waals surface area (Å²) in [7, 11) is 0. The Kier molecular flexibility index (Phi) is 3.29. The van der Waals surface area contributed by atoms with E-state index in [9.17, 15) is 4.79 Å². The van der Waals surface area contributed by atoms with Crippen LogP contribution in [0.5, 0.6) is 0 Å². The fourth-order valence-corrected chi connectivity index (χ4v) is 2.43. The van der Waals surface area contributed by atoms with Crippen LogP contribution in [0.25, 0.3) is 0 Å². The summed E-state index contributed by atoms with van der Waals surface area (Å²) in [5.41, 5.74) is 5.29. The second-order valence-electron chi connectivity index (χ2n) is 5.20. The van der Waals surface area contributed by atoms with Crippen LogP contribution >= 0.6 is 0 Å². The normalized spacial score (nSPS) is 24.1. The van der Waals surface area contributed by atoms with Crippen LogP contribution in [0.2, 0.25) is 0 Å². The number of nitrogens with one attached hydrogen (secondary N) is 1. The molecule has 2 aliphatic rings. The Morgan fingerprint density at radius 2 is 2.00 bits per heavy atom. The first-order valence-electron chi connectivity index (χ1n) is 6.28. The molecule has 0 atom stereocenters. The summed E-state index contributed by atoms with van der Waals surface area (Å²) in [6.07, 6.45) is 9.72. The number of carbonyl (C=O) groups is 1. The van der Waals surface area contributed by atoms with Crippen molar-refractivity contribution in [2.45, 2.75) is 56.9 Å². The van der Waals surface area contributed by atoms with Gasteiger partial charge >= 0.3 is 0 Å². The molecule has 0 spiro atoms. The summed E-state index contributed by atoms with van der Waals surface area (Å²) in [6.45, 7) is 0.814. The van der Waals surface area contributed by atoms with Crippen molar-refractivity contribution in [1.29, 1.82) is 0 Å². The first kappa shape index (κ1) is 10.9. The van der Waals surface area contributed by atoms with Crippen molar-refractivity contribution in [3.63, 3.8) is 0 Å². The van der Waals surface area contributed by atoms with E-state index in [1.807, 2.05) is 0 Å². The number of amides is 1. The number of rotatable bonds is 5. The molecule has 3 heteroatoms. The lowest BCUT2D eigenvalue weighted by molar-refractivity contribution is -0.123. The second-order valence-corrected chi connectivity index (χ2v) is 5.20. The lowest BCUT2D eigenvalue weighted by Crippen LogP contribution is -2.43. The Morgan fingerprint density at radius 1 is 1.33 bits per heavy atom. The van der Waals surface area contributed by atoms with Gasteiger partial charge in [-0.05, 0) is 31.6 Å². The van der Waals surface area contributed by atoms with Crippen LogP contribution in [-0.2, 0) is 4.79 Å². The van der Waals surface area contributed by atoms with E-state index in [4.69, 9.17) is 5.73 Å². The lowest BCUT2D eigenvalue weighted by atomic mass is 10.0. The largest absolute Gasteiger partial charge is 0.355 e. The molecule has 1 amide bonds.